The van der Waals surface area contributed by atoms with Crippen molar-refractivity contribution in [1.82, 2.24) is 5.32 Å². The van der Waals surface area contributed by atoms with E-state index in [0.717, 1.165) is 128 Å². The van der Waals surface area contributed by atoms with Crippen LogP contribution >= 0.6 is 0 Å². The van der Waals surface area contributed by atoms with Crippen molar-refractivity contribution in [3.05, 3.63) is 122 Å². The van der Waals surface area contributed by atoms with Crippen LogP contribution in [0.3, 0.4) is 0 Å². The maximum absolute atomic E-state index is 13.2. The van der Waals surface area contributed by atoms with Crippen molar-refractivity contribution in [1.29, 1.82) is 0 Å². The molecule has 81 heavy (non-hydrogen) atoms. The molecule has 14 nitrogen and oxygen atoms in total. The van der Waals surface area contributed by atoms with Gasteiger partial charge in [-0.15, -0.1) is 0 Å². The largest absolute Gasteiger partial charge is 0.394 e. The summed E-state index contributed by atoms with van der Waals surface area (Å²) < 4.78 is 22.8. The Morgan fingerprint density at radius 2 is 0.852 bits per heavy atom. The molecular formula is C67H111NO13. The molecule has 12 unspecified atom stereocenters. The van der Waals surface area contributed by atoms with Gasteiger partial charge in [-0.3, -0.25) is 4.79 Å². The fraction of sp³-hybridized carbons (Fsp3) is 0.687. The minimum absolute atomic E-state index is 0.229. The van der Waals surface area contributed by atoms with E-state index in [9.17, 15) is 45.6 Å². The van der Waals surface area contributed by atoms with E-state index in [-0.39, 0.29) is 18.9 Å². The summed E-state index contributed by atoms with van der Waals surface area (Å²) in [5.41, 5.74) is 0. The lowest BCUT2D eigenvalue weighted by Gasteiger charge is -2.46. The van der Waals surface area contributed by atoms with E-state index in [1.807, 2.05) is 0 Å². The fourth-order valence-corrected chi connectivity index (χ4v) is 9.44. The summed E-state index contributed by atoms with van der Waals surface area (Å²) in [6, 6.07) is -0.844. The summed E-state index contributed by atoms with van der Waals surface area (Å²) >= 11 is 0. The second kappa shape index (κ2) is 50.9. The van der Waals surface area contributed by atoms with Crippen molar-refractivity contribution in [3.8, 4) is 0 Å². The summed E-state index contributed by atoms with van der Waals surface area (Å²) in [5.74, 6) is -0.229. The van der Waals surface area contributed by atoms with Crippen LogP contribution in [0.5, 0.6) is 0 Å². The number of ether oxygens (including phenoxy) is 4. The number of unbranched alkanes of at least 4 members (excludes halogenated alkanes) is 15. The molecule has 2 aliphatic rings. The molecule has 1 amide bonds. The minimum Gasteiger partial charge on any atom is -0.394 e. The van der Waals surface area contributed by atoms with Gasteiger partial charge < -0.3 is 65.1 Å². The van der Waals surface area contributed by atoms with Gasteiger partial charge in [0.15, 0.2) is 12.6 Å². The lowest BCUT2D eigenvalue weighted by Crippen LogP contribution is -2.65. The zero-order chi connectivity index (χ0) is 58.8. The zero-order valence-electron chi connectivity index (χ0n) is 49.7. The van der Waals surface area contributed by atoms with Gasteiger partial charge in [0, 0.05) is 6.42 Å². The van der Waals surface area contributed by atoms with Crippen LogP contribution in [0, 0.1) is 0 Å². The summed E-state index contributed by atoms with van der Waals surface area (Å²) in [6.07, 6.45) is 56.5. The average molecular weight is 1140 g/mol. The SMILES string of the molecule is CC/C=C\C/C=C\C/C=C\C/C=C\C/C=C\C/C=C\C/C=C\C/C=C\C/C=C\C/C=C\CCCCCCCCC(=O)NC(COC1OC(CO)C(OC2OC(CO)C(O)C(O)C2O)C(O)C1O)C(O)CCCCCCCCCCCC. The molecule has 2 fully saturated rings. The van der Waals surface area contributed by atoms with Gasteiger partial charge in [0.05, 0.1) is 32.0 Å². The minimum atomic E-state index is -1.79. The molecule has 14 heteroatoms. The number of rotatable bonds is 48. The number of hydrogen-bond acceptors (Lipinski definition) is 13. The Bertz CT molecular complexity index is 1820. The number of amides is 1. The summed E-state index contributed by atoms with van der Waals surface area (Å²) in [6.45, 7) is 2.69. The lowest BCUT2D eigenvalue weighted by atomic mass is 9.97. The molecule has 462 valence electrons. The number of carbonyl (C=O) groups is 1. The normalized spacial score (nSPS) is 25.0. The highest BCUT2D eigenvalue weighted by Crippen LogP contribution is 2.30. The predicted molar refractivity (Wildman–Crippen MR) is 327 cm³/mol. The molecule has 2 aliphatic heterocycles. The number of aliphatic hydroxyl groups is 8. The van der Waals surface area contributed by atoms with Crippen LogP contribution in [0.15, 0.2) is 122 Å². The van der Waals surface area contributed by atoms with Gasteiger partial charge in [0.2, 0.25) is 5.91 Å². The second-order valence-electron chi connectivity index (χ2n) is 21.5. The topological polar surface area (TPSA) is 228 Å². The molecular weight excluding hydrogens is 1030 g/mol. The maximum atomic E-state index is 13.2. The van der Waals surface area contributed by atoms with Gasteiger partial charge in [-0.1, -0.05) is 225 Å². The molecule has 0 aromatic rings. The highest BCUT2D eigenvalue weighted by molar-refractivity contribution is 5.76. The van der Waals surface area contributed by atoms with Crippen LogP contribution in [0.25, 0.3) is 0 Å². The molecule has 9 N–H and O–H groups in total. The molecule has 0 bridgehead atoms. The Hall–Kier alpha value is -3.61. The van der Waals surface area contributed by atoms with Gasteiger partial charge in [-0.2, -0.15) is 0 Å². The van der Waals surface area contributed by atoms with Crippen LogP contribution in [0.1, 0.15) is 200 Å². The Kier molecular flexibility index (Phi) is 46.1. The monoisotopic (exact) mass is 1140 g/mol. The summed E-state index contributed by atoms with van der Waals surface area (Å²) in [5, 5.41) is 87.1. The van der Waals surface area contributed by atoms with Crippen LogP contribution in [-0.4, -0.2) is 140 Å². The Labute approximate surface area is 488 Å². The molecule has 0 aromatic heterocycles. The van der Waals surface area contributed by atoms with E-state index >= 15 is 0 Å². The van der Waals surface area contributed by atoms with E-state index < -0.39 is 86.8 Å². The first-order valence-corrected chi connectivity index (χ1v) is 31.3. The highest BCUT2D eigenvalue weighted by Gasteiger charge is 2.51. The smallest absolute Gasteiger partial charge is 0.220 e. The van der Waals surface area contributed by atoms with Crippen LogP contribution in [-0.2, 0) is 23.7 Å². The summed E-state index contributed by atoms with van der Waals surface area (Å²) in [7, 11) is 0. The van der Waals surface area contributed by atoms with Crippen LogP contribution in [0.2, 0.25) is 0 Å². The molecule has 0 spiro atoms. The molecule has 0 radical (unpaired) electrons. The van der Waals surface area contributed by atoms with Gasteiger partial charge in [0.1, 0.15) is 48.8 Å². The first-order valence-electron chi connectivity index (χ1n) is 31.3. The van der Waals surface area contributed by atoms with E-state index in [0.29, 0.717) is 12.8 Å². The standard InChI is InChI=1S/C67H111NO13/c1-3-5-7-9-11-13-15-16-17-18-19-20-21-22-23-24-25-26-27-28-29-30-31-32-33-34-35-36-37-38-39-40-41-43-45-47-49-51-59(72)68-55(56(71)50-48-46-44-42-14-12-10-8-6-4-2)54-78-66-64(77)62(75)65(58(53-70)80-66)81-67-63(76)61(74)60(73)57(52-69)79-67/h5,7,11,13,16-17,19-20,22-23,25-26,28-29,31-32,34-35,37-38,55-58,60-67,69-71,73-77H,3-4,6,8-10,12,14-15,18,21,24,27,30,33,36,39-54H2,1-2H3,(H,68,72)/b7-5-,13-11-,17-16-,20-19-,23-22-,26-25-,29-28-,32-31-,35-34-,38-37-. The maximum Gasteiger partial charge on any atom is 0.220 e. The molecule has 0 saturated carbocycles. The number of hydrogen-bond donors (Lipinski definition) is 9. The Morgan fingerprint density at radius 3 is 1.31 bits per heavy atom. The third-order valence-electron chi connectivity index (χ3n) is 14.4. The van der Waals surface area contributed by atoms with Crippen molar-refractivity contribution >= 4 is 5.91 Å². The van der Waals surface area contributed by atoms with Crippen LogP contribution < -0.4 is 5.32 Å². The van der Waals surface area contributed by atoms with Crippen molar-refractivity contribution in [3.63, 3.8) is 0 Å². The Balaban J connectivity index is 1.64. The van der Waals surface area contributed by atoms with Crippen LogP contribution in [0.4, 0.5) is 0 Å². The van der Waals surface area contributed by atoms with Crippen molar-refractivity contribution in [2.75, 3.05) is 19.8 Å². The predicted octanol–water partition coefficient (Wildman–Crippen LogP) is 11.4. The van der Waals surface area contributed by atoms with E-state index in [4.69, 9.17) is 18.9 Å². The number of carbonyl (C=O) groups excluding carboxylic acids is 1. The van der Waals surface area contributed by atoms with Gasteiger partial charge in [-0.25, -0.2) is 0 Å². The lowest BCUT2D eigenvalue weighted by molar-refractivity contribution is -0.359. The first kappa shape index (κ1) is 73.5. The van der Waals surface area contributed by atoms with Crippen molar-refractivity contribution in [2.24, 2.45) is 0 Å². The fourth-order valence-electron chi connectivity index (χ4n) is 9.44. The number of aliphatic hydroxyl groups excluding tert-OH is 8. The average Bonchev–Trinajstić information content (AvgIpc) is 3.51. The van der Waals surface area contributed by atoms with Crippen molar-refractivity contribution in [2.45, 2.75) is 274 Å². The number of nitrogens with one attached hydrogen (secondary N) is 1. The Morgan fingerprint density at radius 1 is 0.457 bits per heavy atom. The van der Waals surface area contributed by atoms with Gasteiger partial charge in [0.25, 0.3) is 0 Å². The van der Waals surface area contributed by atoms with Gasteiger partial charge in [-0.05, 0) is 89.9 Å². The second-order valence-corrected chi connectivity index (χ2v) is 21.5. The highest BCUT2D eigenvalue weighted by atomic mass is 16.7. The molecule has 2 heterocycles. The van der Waals surface area contributed by atoms with Crippen molar-refractivity contribution < 1.29 is 64.6 Å². The number of allylic oxidation sites excluding steroid dienone is 20. The molecule has 0 aromatic carbocycles. The molecule has 0 aliphatic carbocycles. The quantitative estimate of drug-likeness (QED) is 0.0204. The third-order valence-corrected chi connectivity index (χ3v) is 14.4. The van der Waals surface area contributed by atoms with Gasteiger partial charge >= 0.3 is 0 Å². The first-order chi connectivity index (χ1) is 39.6. The van der Waals surface area contributed by atoms with E-state index in [1.54, 1.807) is 0 Å². The third kappa shape index (κ3) is 36.0. The van der Waals surface area contributed by atoms with E-state index in [1.165, 1.54) is 38.5 Å². The zero-order valence-corrected chi connectivity index (χ0v) is 49.7. The summed E-state index contributed by atoms with van der Waals surface area (Å²) in [4.78, 5) is 13.2. The van der Waals surface area contributed by atoms with E-state index in [2.05, 4.69) is 141 Å². The molecule has 2 rings (SSSR count). The molecule has 12 atom stereocenters. The molecule has 2 saturated heterocycles.